The third kappa shape index (κ3) is 3.26. The molecule has 0 unspecified atom stereocenters. The average molecular weight is 438 g/mol. The smallest absolute Gasteiger partial charge is 0.267 e. The highest BCUT2D eigenvalue weighted by atomic mass is 32.2. The molecule has 0 N–H and O–H groups in total. The average Bonchev–Trinajstić information content (AvgIpc) is 3.23. The van der Waals surface area contributed by atoms with E-state index in [1.165, 1.54) is 11.8 Å². The molecule has 32 heavy (non-hydrogen) atoms. The number of thioether (sulfide) groups is 1. The van der Waals surface area contributed by atoms with Gasteiger partial charge in [-0.15, -0.1) is 10.2 Å². The molecule has 0 saturated heterocycles. The Labute approximate surface area is 188 Å². The molecule has 0 spiro atoms. The molecule has 0 atom stereocenters. The van der Waals surface area contributed by atoms with Crippen LogP contribution in [0.15, 0.2) is 76.7 Å². The fraction of sp³-hybridized carbons (Fsp3) is 0.120. The zero-order valence-electron chi connectivity index (χ0n) is 17.6. The van der Waals surface area contributed by atoms with Crippen molar-refractivity contribution in [3.05, 3.63) is 99.3 Å². The quantitative estimate of drug-likeness (QED) is 0.377. The Bertz CT molecular complexity index is 1590. The first-order valence-corrected chi connectivity index (χ1v) is 11.1. The van der Waals surface area contributed by atoms with Crippen LogP contribution in [0, 0.1) is 25.2 Å². The van der Waals surface area contributed by atoms with E-state index in [4.69, 9.17) is 0 Å². The maximum absolute atomic E-state index is 13.5. The molecule has 0 radical (unpaired) electrons. The first-order chi connectivity index (χ1) is 15.6. The van der Waals surface area contributed by atoms with Gasteiger partial charge in [-0.3, -0.25) is 9.20 Å². The molecular formula is C25H19N5OS. The molecule has 2 aromatic heterocycles. The molecule has 5 aromatic rings. The lowest BCUT2D eigenvalue weighted by atomic mass is 10.1. The van der Waals surface area contributed by atoms with Crippen molar-refractivity contribution in [1.29, 1.82) is 5.26 Å². The highest BCUT2D eigenvalue weighted by Gasteiger charge is 2.19. The van der Waals surface area contributed by atoms with Crippen LogP contribution in [0.25, 0.3) is 22.4 Å². The van der Waals surface area contributed by atoms with Crippen LogP contribution in [-0.4, -0.2) is 19.2 Å². The third-order valence-electron chi connectivity index (χ3n) is 5.48. The summed E-state index contributed by atoms with van der Waals surface area (Å²) in [6, 6.07) is 23.3. The van der Waals surface area contributed by atoms with Gasteiger partial charge in [0.05, 0.1) is 28.2 Å². The summed E-state index contributed by atoms with van der Waals surface area (Å²) in [6.45, 7) is 4.02. The molecule has 3 aromatic carbocycles. The van der Waals surface area contributed by atoms with Gasteiger partial charge in [0.1, 0.15) is 0 Å². The molecule has 2 heterocycles. The lowest BCUT2D eigenvalue weighted by Gasteiger charge is -2.13. The predicted octanol–water partition coefficient (Wildman–Crippen LogP) is 4.81. The molecule has 6 nitrogen and oxygen atoms in total. The Balaban J connectivity index is 1.73. The van der Waals surface area contributed by atoms with Gasteiger partial charge in [-0.05, 0) is 49.2 Å². The molecule has 0 aliphatic heterocycles. The number of fused-ring (bicyclic) bond motifs is 3. The third-order valence-corrected chi connectivity index (χ3v) is 6.46. The minimum atomic E-state index is -0.126. The van der Waals surface area contributed by atoms with Gasteiger partial charge >= 0.3 is 0 Å². The number of aryl methyl sites for hydroxylation is 2. The maximum Gasteiger partial charge on any atom is 0.267 e. The molecule has 0 bridgehead atoms. The summed E-state index contributed by atoms with van der Waals surface area (Å²) in [5.74, 6) is 1.04. The van der Waals surface area contributed by atoms with Crippen molar-refractivity contribution in [2.24, 2.45) is 0 Å². The maximum atomic E-state index is 13.5. The number of rotatable bonds is 4. The fourth-order valence-electron chi connectivity index (χ4n) is 3.94. The summed E-state index contributed by atoms with van der Waals surface area (Å²) < 4.78 is 3.56. The zero-order valence-corrected chi connectivity index (χ0v) is 18.4. The van der Waals surface area contributed by atoms with Crippen molar-refractivity contribution in [3.8, 4) is 11.8 Å². The second-order valence-electron chi connectivity index (χ2n) is 7.62. The molecule has 0 aliphatic carbocycles. The van der Waals surface area contributed by atoms with Gasteiger partial charge in [-0.2, -0.15) is 5.26 Å². The number of hydrogen-bond donors (Lipinski definition) is 0. The highest BCUT2D eigenvalue weighted by molar-refractivity contribution is 7.98. The van der Waals surface area contributed by atoms with Crippen LogP contribution in [0.3, 0.4) is 0 Å². The Morgan fingerprint density at radius 3 is 2.59 bits per heavy atom. The predicted molar refractivity (Wildman–Crippen MR) is 126 cm³/mol. The van der Waals surface area contributed by atoms with E-state index in [0.717, 1.165) is 27.9 Å². The van der Waals surface area contributed by atoms with Crippen molar-refractivity contribution >= 4 is 28.4 Å². The standard InChI is InChI=1S/C25H19N5OS/c1-16-11-12-21(17(2)13-16)29-23(31)20-9-5-6-10-22(20)30-24(29)27-28-25(30)32-15-19-8-4-3-7-18(19)14-26/h3-13H,15H2,1-2H3. The highest BCUT2D eigenvalue weighted by Crippen LogP contribution is 2.27. The number of nitrogens with zero attached hydrogens (tertiary/aromatic N) is 5. The minimum Gasteiger partial charge on any atom is -0.268 e. The molecule has 7 heteroatoms. The Kier molecular flexibility index (Phi) is 5.00. The number of para-hydroxylation sites is 1. The molecule has 5 rings (SSSR count). The van der Waals surface area contributed by atoms with E-state index in [1.54, 1.807) is 4.57 Å². The summed E-state index contributed by atoms with van der Waals surface area (Å²) >= 11 is 1.49. The van der Waals surface area contributed by atoms with Crippen LogP contribution in [0.5, 0.6) is 0 Å². The summed E-state index contributed by atoms with van der Waals surface area (Å²) in [6.07, 6.45) is 0. The molecule has 0 aliphatic rings. The van der Waals surface area contributed by atoms with Crippen molar-refractivity contribution in [1.82, 2.24) is 19.2 Å². The van der Waals surface area contributed by atoms with Gasteiger partial charge in [-0.25, -0.2) is 4.57 Å². The monoisotopic (exact) mass is 437 g/mol. The topological polar surface area (TPSA) is 76.0 Å². The van der Waals surface area contributed by atoms with E-state index in [1.807, 2.05) is 78.9 Å². The summed E-state index contributed by atoms with van der Waals surface area (Å²) in [5.41, 5.74) is 5.12. The molecular weight excluding hydrogens is 418 g/mol. The van der Waals surface area contributed by atoms with Crippen LogP contribution < -0.4 is 5.56 Å². The van der Waals surface area contributed by atoms with Crippen LogP contribution >= 0.6 is 11.8 Å². The minimum absolute atomic E-state index is 0.126. The first kappa shape index (κ1) is 20.0. The van der Waals surface area contributed by atoms with E-state index in [2.05, 4.69) is 22.3 Å². The van der Waals surface area contributed by atoms with E-state index < -0.39 is 0 Å². The van der Waals surface area contributed by atoms with Crippen molar-refractivity contribution < 1.29 is 0 Å². The number of nitriles is 1. The Morgan fingerprint density at radius 2 is 1.78 bits per heavy atom. The van der Waals surface area contributed by atoms with Crippen molar-refractivity contribution in [2.75, 3.05) is 0 Å². The van der Waals surface area contributed by atoms with E-state index in [0.29, 0.717) is 27.6 Å². The Hall–Kier alpha value is -3.89. The second kappa shape index (κ2) is 7.98. The van der Waals surface area contributed by atoms with Crippen molar-refractivity contribution in [2.45, 2.75) is 24.8 Å². The molecule has 156 valence electrons. The lowest BCUT2D eigenvalue weighted by Crippen LogP contribution is -2.22. The number of hydrogen-bond acceptors (Lipinski definition) is 5. The van der Waals surface area contributed by atoms with Crippen LogP contribution in [0.4, 0.5) is 0 Å². The fourth-order valence-corrected chi connectivity index (χ4v) is 4.89. The van der Waals surface area contributed by atoms with E-state index in [9.17, 15) is 10.1 Å². The Morgan fingerprint density at radius 1 is 1.00 bits per heavy atom. The molecule has 0 fully saturated rings. The number of benzene rings is 3. The first-order valence-electron chi connectivity index (χ1n) is 10.2. The van der Waals surface area contributed by atoms with E-state index >= 15 is 0 Å². The van der Waals surface area contributed by atoms with Gasteiger partial charge in [0.2, 0.25) is 5.78 Å². The van der Waals surface area contributed by atoms with Gasteiger partial charge < -0.3 is 0 Å². The normalized spacial score (nSPS) is 11.2. The summed E-state index contributed by atoms with van der Waals surface area (Å²) in [4.78, 5) is 13.5. The largest absolute Gasteiger partial charge is 0.268 e. The van der Waals surface area contributed by atoms with Crippen molar-refractivity contribution in [3.63, 3.8) is 0 Å². The van der Waals surface area contributed by atoms with Crippen LogP contribution in [0.2, 0.25) is 0 Å². The van der Waals surface area contributed by atoms with E-state index in [-0.39, 0.29) is 5.56 Å². The lowest BCUT2D eigenvalue weighted by molar-refractivity contribution is 0.928. The second-order valence-corrected chi connectivity index (χ2v) is 8.57. The molecule has 0 saturated carbocycles. The van der Waals surface area contributed by atoms with Gasteiger partial charge in [0, 0.05) is 5.75 Å². The van der Waals surface area contributed by atoms with Gasteiger partial charge in [-0.1, -0.05) is 59.8 Å². The summed E-state index contributed by atoms with van der Waals surface area (Å²) in [7, 11) is 0. The number of aromatic nitrogens is 4. The zero-order chi connectivity index (χ0) is 22.2. The van der Waals surface area contributed by atoms with Gasteiger partial charge in [0.15, 0.2) is 5.16 Å². The van der Waals surface area contributed by atoms with Gasteiger partial charge in [0.25, 0.3) is 5.56 Å². The SMILES string of the molecule is Cc1ccc(-n2c(=O)c3ccccc3n3c(SCc4ccccc4C#N)nnc23)c(C)c1. The van der Waals surface area contributed by atoms with Crippen LogP contribution in [-0.2, 0) is 5.75 Å². The molecule has 0 amide bonds. The summed E-state index contributed by atoms with van der Waals surface area (Å²) in [5, 5.41) is 19.5. The van der Waals surface area contributed by atoms with Crippen LogP contribution in [0.1, 0.15) is 22.3 Å².